The van der Waals surface area contributed by atoms with E-state index in [2.05, 4.69) is 20.3 Å². The van der Waals surface area contributed by atoms with Crippen LogP contribution in [0.4, 0.5) is 0 Å². The van der Waals surface area contributed by atoms with Crippen LogP contribution < -0.4 is 4.74 Å². The molecule has 0 unspecified atom stereocenters. The molecule has 0 N–H and O–H groups in total. The molecule has 0 aliphatic rings. The molecule has 0 radical (unpaired) electrons. The Morgan fingerprint density at radius 3 is 2.83 bits per heavy atom. The minimum absolute atomic E-state index is 0.178. The highest BCUT2D eigenvalue weighted by Gasteiger charge is 2.13. The van der Waals surface area contributed by atoms with Crippen LogP contribution in [0.3, 0.4) is 0 Å². The van der Waals surface area contributed by atoms with Crippen molar-refractivity contribution in [2.75, 3.05) is 7.11 Å². The summed E-state index contributed by atoms with van der Waals surface area (Å²) in [5.74, 6) is 0.559. The van der Waals surface area contributed by atoms with Crippen LogP contribution in [0, 0.1) is 0 Å². The molecule has 1 aromatic carbocycles. The average molecular weight is 248 g/mol. The van der Waals surface area contributed by atoms with Crippen LogP contribution in [0.1, 0.15) is 16.2 Å². The zero-order valence-corrected chi connectivity index (χ0v) is 10.0. The molecule has 2 rings (SSSR count). The molecule has 0 spiro atoms. The minimum Gasteiger partial charge on any atom is -0.485 e. The van der Waals surface area contributed by atoms with Gasteiger partial charge >= 0.3 is 5.97 Å². The van der Waals surface area contributed by atoms with Gasteiger partial charge in [-0.1, -0.05) is 12.1 Å². The van der Waals surface area contributed by atoms with Crippen molar-refractivity contribution < 1.29 is 14.3 Å². The van der Waals surface area contributed by atoms with Gasteiger partial charge in [-0.25, -0.2) is 9.48 Å². The van der Waals surface area contributed by atoms with Crippen LogP contribution in [0.25, 0.3) is 0 Å². The first-order valence-electron chi connectivity index (χ1n) is 5.23. The number of para-hydroxylation sites is 1. The molecule has 2 aromatic rings. The molecule has 0 atom stereocenters. The Hall–Kier alpha value is -2.44. The summed E-state index contributed by atoms with van der Waals surface area (Å²) >= 11 is 0. The number of tetrazole rings is 1. The normalized spacial score (nSPS) is 10.1. The second-order valence-electron chi connectivity index (χ2n) is 3.50. The van der Waals surface area contributed by atoms with E-state index in [4.69, 9.17) is 4.74 Å². The monoisotopic (exact) mass is 248 g/mol. The van der Waals surface area contributed by atoms with Gasteiger partial charge in [0.15, 0.2) is 5.82 Å². The fourth-order valence-electron chi connectivity index (χ4n) is 1.38. The first kappa shape index (κ1) is 12.0. The number of hydrogen-bond acceptors (Lipinski definition) is 6. The highest BCUT2D eigenvalue weighted by atomic mass is 16.5. The molecule has 18 heavy (non-hydrogen) atoms. The Bertz CT molecular complexity index is 553. The van der Waals surface area contributed by atoms with Crippen LogP contribution in [0.15, 0.2) is 24.3 Å². The van der Waals surface area contributed by atoms with Gasteiger partial charge in [0.05, 0.1) is 7.11 Å². The Balaban J connectivity index is 2.14. The number of aryl methyl sites for hydroxylation is 1. The smallest absolute Gasteiger partial charge is 0.341 e. The topological polar surface area (TPSA) is 79.1 Å². The molecule has 94 valence electrons. The molecule has 0 fully saturated rings. The number of aromatic nitrogens is 4. The summed E-state index contributed by atoms with van der Waals surface area (Å²) in [7, 11) is 3.04. The molecule has 1 aromatic heterocycles. The Labute approximate surface area is 103 Å². The molecule has 0 bridgehead atoms. The van der Waals surface area contributed by atoms with Crippen LogP contribution in [0.2, 0.25) is 0 Å². The van der Waals surface area contributed by atoms with Crippen molar-refractivity contribution in [3.05, 3.63) is 35.7 Å². The fraction of sp³-hybridized carbons (Fsp3) is 0.273. The number of rotatable bonds is 4. The number of carbonyl (C=O) groups excluding carboxylic acids is 1. The Morgan fingerprint density at radius 2 is 2.17 bits per heavy atom. The van der Waals surface area contributed by atoms with Crippen molar-refractivity contribution in [2.45, 2.75) is 6.61 Å². The second kappa shape index (κ2) is 5.26. The predicted octanol–water partition coefficient (Wildman–Crippen LogP) is 0.576. The van der Waals surface area contributed by atoms with E-state index in [1.165, 1.54) is 11.8 Å². The molecule has 0 amide bonds. The zero-order chi connectivity index (χ0) is 13.0. The summed E-state index contributed by atoms with van der Waals surface area (Å²) in [5, 5.41) is 11.0. The van der Waals surface area contributed by atoms with Gasteiger partial charge < -0.3 is 9.47 Å². The number of hydrogen-bond donors (Lipinski definition) is 0. The fourth-order valence-corrected chi connectivity index (χ4v) is 1.38. The summed E-state index contributed by atoms with van der Waals surface area (Å²) in [5.41, 5.74) is 0.370. The van der Waals surface area contributed by atoms with Crippen molar-refractivity contribution in [2.24, 2.45) is 7.05 Å². The third kappa shape index (κ3) is 2.45. The number of carbonyl (C=O) groups is 1. The summed E-state index contributed by atoms with van der Waals surface area (Å²) in [6.07, 6.45) is 0. The van der Waals surface area contributed by atoms with Crippen molar-refractivity contribution in [3.8, 4) is 5.75 Å². The van der Waals surface area contributed by atoms with Gasteiger partial charge in [0.2, 0.25) is 0 Å². The van der Waals surface area contributed by atoms with E-state index in [-0.39, 0.29) is 6.61 Å². The maximum Gasteiger partial charge on any atom is 0.341 e. The quantitative estimate of drug-likeness (QED) is 0.736. The zero-order valence-electron chi connectivity index (χ0n) is 10.0. The van der Waals surface area contributed by atoms with Crippen molar-refractivity contribution >= 4 is 5.97 Å². The Morgan fingerprint density at radius 1 is 1.39 bits per heavy atom. The van der Waals surface area contributed by atoms with E-state index in [9.17, 15) is 4.79 Å². The third-order valence-corrected chi connectivity index (χ3v) is 2.36. The lowest BCUT2D eigenvalue weighted by atomic mass is 10.2. The molecule has 7 heteroatoms. The summed E-state index contributed by atoms with van der Waals surface area (Å²) < 4.78 is 11.7. The molecule has 0 saturated heterocycles. The van der Waals surface area contributed by atoms with Gasteiger partial charge in [-0.05, 0) is 22.6 Å². The van der Waals surface area contributed by atoms with Crippen molar-refractivity contribution in [3.63, 3.8) is 0 Å². The van der Waals surface area contributed by atoms with Crippen molar-refractivity contribution in [1.82, 2.24) is 20.2 Å². The molecule has 1 heterocycles. The number of benzene rings is 1. The van der Waals surface area contributed by atoms with Gasteiger partial charge in [-0.2, -0.15) is 0 Å². The first-order chi connectivity index (χ1) is 8.72. The largest absolute Gasteiger partial charge is 0.485 e. The number of methoxy groups -OCH3 is 1. The molecular formula is C11H12N4O3. The van der Waals surface area contributed by atoms with Gasteiger partial charge in [0.25, 0.3) is 0 Å². The van der Waals surface area contributed by atoms with Gasteiger partial charge in [0.1, 0.15) is 17.9 Å². The predicted molar refractivity (Wildman–Crippen MR) is 60.9 cm³/mol. The summed E-state index contributed by atoms with van der Waals surface area (Å²) in [6.45, 7) is 0.178. The van der Waals surface area contributed by atoms with E-state index < -0.39 is 5.97 Å². The second-order valence-corrected chi connectivity index (χ2v) is 3.50. The number of nitrogens with zero attached hydrogens (tertiary/aromatic N) is 4. The molecule has 0 aliphatic heterocycles. The number of esters is 1. The summed E-state index contributed by atoms with van der Waals surface area (Å²) in [4.78, 5) is 11.5. The molecule has 0 saturated carbocycles. The van der Waals surface area contributed by atoms with Crippen LogP contribution in [0.5, 0.6) is 5.75 Å². The summed E-state index contributed by atoms with van der Waals surface area (Å²) in [6, 6.07) is 6.84. The van der Waals surface area contributed by atoms with E-state index in [1.807, 2.05) is 0 Å². The molecule has 7 nitrogen and oxygen atoms in total. The van der Waals surface area contributed by atoms with E-state index in [0.29, 0.717) is 17.1 Å². The SMILES string of the molecule is COC(=O)c1ccccc1OCc1nnnn1C. The van der Waals surface area contributed by atoms with E-state index >= 15 is 0 Å². The number of ether oxygens (including phenoxy) is 2. The standard InChI is InChI=1S/C11H12N4O3/c1-15-10(12-13-14-15)7-18-9-6-4-3-5-8(9)11(16)17-2/h3-6H,7H2,1-2H3. The lowest BCUT2D eigenvalue weighted by Crippen LogP contribution is -2.08. The third-order valence-electron chi connectivity index (χ3n) is 2.36. The van der Waals surface area contributed by atoms with E-state index in [0.717, 1.165) is 0 Å². The van der Waals surface area contributed by atoms with Gasteiger partial charge in [0, 0.05) is 7.05 Å². The van der Waals surface area contributed by atoms with Crippen LogP contribution in [-0.4, -0.2) is 33.3 Å². The maximum atomic E-state index is 11.5. The molecule has 0 aliphatic carbocycles. The highest BCUT2D eigenvalue weighted by Crippen LogP contribution is 2.19. The average Bonchev–Trinajstić information content (AvgIpc) is 2.81. The lowest BCUT2D eigenvalue weighted by molar-refractivity contribution is 0.0595. The minimum atomic E-state index is -0.443. The van der Waals surface area contributed by atoms with E-state index in [1.54, 1.807) is 31.3 Å². The lowest BCUT2D eigenvalue weighted by Gasteiger charge is -2.08. The van der Waals surface area contributed by atoms with Gasteiger partial charge in [-0.15, -0.1) is 5.10 Å². The first-order valence-corrected chi connectivity index (χ1v) is 5.23. The maximum absolute atomic E-state index is 11.5. The highest BCUT2D eigenvalue weighted by molar-refractivity contribution is 5.92. The van der Waals surface area contributed by atoms with Crippen molar-refractivity contribution in [1.29, 1.82) is 0 Å². The Kier molecular flexibility index (Phi) is 3.52. The molecular weight excluding hydrogens is 236 g/mol. The van der Waals surface area contributed by atoms with Crippen LogP contribution >= 0.6 is 0 Å². The van der Waals surface area contributed by atoms with Crippen LogP contribution in [-0.2, 0) is 18.4 Å². The van der Waals surface area contributed by atoms with Gasteiger partial charge in [-0.3, -0.25) is 0 Å².